The zero-order valence-corrected chi connectivity index (χ0v) is 23.0. The first kappa shape index (κ1) is 28.2. The number of hydrogen-bond donors (Lipinski definition) is 0. The minimum Gasteiger partial charge on any atom is -0.497 e. The number of allylic oxidation sites excluding steroid dienone is 2. The highest BCUT2D eigenvalue weighted by molar-refractivity contribution is 5.99. The summed E-state index contributed by atoms with van der Waals surface area (Å²) in [6.07, 6.45) is 10.4. The van der Waals surface area contributed by atoms with Crippen molar-refractivity contribution >= 4 is 11.7 Å². The maximum Gasteiger partial charge on any atom is 0.254 e. The van der Waals surface area contributed by atoms with Crippen LogP contribution in [-0.4, -0.2) is 48.3 Å². The number of unbranched alkanes of at least 4 members (excludes halogenated alkanes) is 2. The van der Waals surface area contributed by atoms with Crippen LogP contribution in [-0.2, 0) is 22.5 Å². The minimum absolute atomic E-state index is 0.0101. The topological polar surface area (TPSA) is 45.1 Å². The van der Waals surface area contributed by atoms with Crippen LogP contribution < -0.4 is 0 Å². The molecule has 0 bridgehead atoms. The standard InChI is InChI=1S/C32H43N3O2/c1-7-10-19-34(20-11-8-2)31(9-3)33-24(4)29-17-16-27(25(5)37-6)22-30(29)32(36)35-21-18-26-14-12-13-15-28(26)23-35/h9,12-15,22H,3-5,7-8,10-11,16-21,23H2,1-2,6H3. The number of carbonyl (C=O) groups excluding carboxylic acids is 1. The quantitative estimate of drug-likeness (QED) is 0.181. The lowest BCUT2D eigenvalue weighted by Gasteiger charge is -2.31. The van der Waals surface area contributed by atoms with E-state index < -0.39 is 0 Å². The van der Waals surface area contributed by atoms with Gasteiger partial charge in [0.15, 0.2) is 0 Å². The molecule has 1 aromatic carbocycles. The molecule has 0 saturated heterocycles. The van der Waals surface area contributed by atoms with E-state index >= 15 is 0 Å². The van der Waals surface area contributed by atoms with Crippen LogP contribution in [0.1, 0.15) is 63.5 Å². The van der Waals surface area contributed by atoms with E-state index in [1.807, 2.05) is 23.1 Å². The van der Waals surface area contributed by atoms with E-state index in [1.54, 1.807) is 7.11 Å². The van der Waals surface area contributed by atoms with Gasteiger partial charge in [0.1, 0.15) is 11.6 Å². The summed E-state index contributed by atoms with van der Waals surface area (Å²) in [5.74, 6) is 1.43. The molecule has 5 nitrogen and oxygen atoms in total. The third-order valence-electron chi connectivity index (χ3n) is 7.21. The molecule has 37 heavy (non-hydrogen) atoms. The summed E-state index contributed by atoms with van der Waals surface area (Å²) in [5, 5.41) is 0. The molecule has 0 unspecified atom stereocenters. The predicted molar refractivity (Wildman–Crippen MR) is 154 cm³/mol. The third-order valence-corrected chi connectivity index (χ3v) is 7.21. The molecule has 0 saturated carbocycles. The third kappa shape index (κ3) is 7.12. The van der Waals surface area contributed by atoms with Crippen molar-refractivity contribution in [3.63, 3.8) is 0 Å². The number of hydrogen-bond acceptors (Lipinski definition) is 3. The van der Waals surface area contributed by atoms with Gasteiger partial charge in [-0.05, 0) is 66.5 Å². The Morgan fingerprint density at radius 3 is 2.38 bits per heavy atom. The SMILES string of the molecule is C=CC(=NC(=C)C1=C(C(=O)N2CCc3ccccc3C2)C=C(C(=C)OC)CC1)N(CCCC)CCCC. The molecule has 3 rings (SSSR count). The zero-order chi connectivity index (χ0) is 26.8. The van der Waals surface area contributed by atoms with Crippen LogP contribution >= 0.6 is 0 Å². The Morgan fingerprint density at radius 1 is 1.08 bits per heavy atom. The molecule has 1 aromatic rings. The van der Waals surface area contributed by atoms with E-state index in [4.69, 9.17) is 9.73 Å². The average Bonchev–Trinajstić information content (AvgIpc) is 2.94. The van der Waals surface area contributed by atoms with Gasteiger partial charge in [0.25, 0.3) is 5.91 Å². The largest absolute Gasteiger partial charge is 0.497 e. The molecule has 198 valence electrons. The molecular formula is C32H43N3O2. The summed E-state index contributed by atoms with van der Waals surface area (Å²) < 4.78 is 5.41. The first-order chi connectivity index (χ1) is 17.9. The summed E-state index contributed by atoms with van der Waals surface area (Å²) in [6, 6.07) is 8.36. The summed E-state index contributed by atoms with van der Waals surface area (Å²) in [7, 11) is 1.62. The number of nitrogens with zero attached hydrogens (tertiary/aromatic N) is 3. The van der Waals surface area contributed by atoms with Gasteiger partial charge in [-0.1, -0.05) is 70.7 Å². The van der Waals surface area contributed by atoms with Crippen molar-refractivity contribution in [3.8, 4) is 0 Å². The molecule has 0 N–H and O–H groups in total. The molecule has 0 atom stereocenters. The van der Waals surface area contributed by atoms with Crippen LogP contribution in [0.4, 0.5) is 0 Å². The summed E-state index contributed by atoms with van der Waals surface area (Å²) in [6.45, 7) is 20.0. The van der Waals surface area contributed by atoms with Gasteiger partial charge in [0.05, 0.1) is 12.8 Å². The molecule has 1 aliphatic carbocycles. The van der Waals surface area contributed by atoms with Gasteiger partial charge in [0.2, 0.25) is 0 Å². The molecular weight excluding hydrogens is 458 g/mol. The van der Waals surface area contributed by atoms with Crippen molar-refractivity contribution in [2.45, 2.75) is 65.3 Å². The Morgan fingerprint density at radius 2 is 1.76 bits per heavy atom. The summed E-state index contributed by atoms with van der Waals surface area (Å²) >= 11 is 0. The molecule has 1 amide bonds. The number of ether oxygens (including phenoxy) is 1. The monoisotopic (exact) mass is 501 g/mol. The molecule has 0 aromatic heterocycles. The highest BCUT2D eigenvalue weighted by Crippen LogP contribution is 2.34. The van der Waals surface area contributed by atoms with E-state index in [1.165, 1.54) is 11.1 Å². The number of carbonyl (C=O) groups is 1. The highest BCUT2D eigenvalue weighted by atomic mass is 16.5. The van der Waals surface area contributed by atoms with Gasteiger partial charge >= 0.3 is 0 Å². The maximum atomic E-state index is 13.9. The lowest BCUT2D eigenvalue weighted by atomic mass is 9.88. The fourth-order valence-electron chi connectivity index (χ4n) is 4.90. The number of aliphatic imine (C=N–C) groups is 1. The Balaban J connectivity index is 1.97. The van der Waals surface area contributed by atoms with E-state index in [0.29, 0.717) is 36.5 Å². The van der Waals surface area contributed by atoms with Crippen molar-refractivity contribution in [3.05, 3.63) is 95.5 Å². The maximum absolute atomic E-state index is 13.9. The van der Waals surface area contributed by atoms with Gasteiger partial charge in [-0.15, -0.1) is 0 Å². The summed E-state index contributed by atoms with van der Waals surface area (Å²) in [4.78, 5) is 23.1. The van der Waals surface area contributed by atoms with Crippen molar-refractivity contribution in [2.24, 2.45) is 4.99 Å². The molecule has 0 spiro atoms. The Kier molecular flexibility index (Phi) is 10.6. The second-order valence-corrected chi connectivity index (χ2v) is 9.75. The van der Waals surface area contributed by atoms with Crippen LogP contribution in [0.5, 0.6) is 0 Å². The van der Waals surface area contributed by atoms with Crippen LogP contribution in [0.3, 0.4) is 0 Å². The number of benzene rings is 1. The van der Waals surface area contributed by atoms with Gasteiger partial charge in [0, 0.05) is 31.8 Å². The van der Waals surface area contributed by atoms with Crippen molar-refractivity contribution in [1.82, 2.24) is 9.80 Å². The fourth-order valence-corrected chi connectivity index (χ4v) is 4.90. The number of amides is 1. The zero-order valence-electron chi connectivity index (χ0n) is 23.0. The number of methoxy groups -OCH3 is 1. The Bertz CT molecular complexity index is 1100. The van der Waals surface area contributed by atoms with Gasteiger partial charge in [-0.3, -0.25) is 4.79 Å². The second kappa shape index (κ2) is 13.8. The van der Waals surface area contributed by atoms with Crippen molar-refractivity contribution in [1.29, 1.82) is 0 Å². The van der Waals surface area contributed by atoms with E-state index in [-0.39, 0.29) is 5.91 Å². The Labute approximate surface area is 223 Å². The molecule has 5 heteroatoms. The fraction of sp³-hybridized carbons (Fsp3) is 0.438. The lowest BCUT2D eigenvalue weighted by molar-refractivity contribution is -0.127. The van der Waals surface area contributed by atoms with Crippen LogP contribution in [0, 0.1) is 0 Å². The lowest BCUT2D eigenvalue weighted by Crippen LogP contribution is -2.37. The van der Waals surface area contributed by atoms with Crippen molar-refractivity contribution in [2.75, 3.05) is 26.7 Å². The number of rotatable bonds is 12. The highest BCUT2D eigenvalue weighted by Gasteiger charge is 2.28. The average molecular weight is 502 g/mol. The smallest absolute Gasteiger partial charge is 0.254 e. The normalized spacial score (nSPS) is 15.6. The summed E-state index contributed by atoms with van der Waals surface area (Å²) in [5.41, 5.74) is 5.63. The molecule has 2 aliphatic rings. The first-order valence-electron chi connectivity index (χ1n) is 13.6. The Hall–Kier alpha value is -3.34. The van der Waals surface area contributed by atoms with Gasteiger partial charge < -0.3 is 14.5 Å². The molecule has 1 heterocycles. The van der Waals surface area contributed by atoms with E-state index in [2.05, 4.69) is 56.7 Å². The first-order valence-corrected chi connectivity index (χ1v) is 13.6. The van der Waals surface area contributed by atoms with E-state index in [9.17, 15) is 4.79 Å². The van der Waals surface area contributed by atoms with Gasteiger partial charge in [-0.25, -0.2) is 4.99 Å². The van der Waals surface area contributed by atoms with Crippen LogP contribution in [0.2, 0.25) is 0 Å². The predicted octanol–water partition coefficient (Wildman–Crippen LogP) is 6.75. The van der Waals surface area contributed by atoms with Gasteiger partial charge in [-0.2, -0.15) is 0 Å². The van der Waals surface area contributed by atoms with Crippen LogP contribution in [0.25, 0.3) is 0 Å². The number of fused-ring (bicyclic) bond motifs is 1. The minimum atomic E-state index is 0.0101. The molecule has 1 aliphatic heterocycles. The van der Waals surface area contributed by atoms with Crippen molar-refractivity contribution < 1.29 is 9.53 Å². The molecule has 0 radical (unpaired) electrons. The molecule has 0 fully saturated rings. The number of amidine groups is 1. The second-order valence-electron chi connectivity index (χ2n) is 9.75. The van der Waals surface area contributed by atoms with E-state index in [0.717, 1.165) is 68.6 Å². The van der Waals surface area contributed by atoms with Crippen LogP contribution in [0.15, 0.2) is 89.3 Å².